The normalized spacial score (nSPS) is 25.3. The summed E-state index contributed by atoms with van der Waals surface area (Å²) >= 11 is 0. The standard InChI is InChI=1S/C15H23FN2/c1-11-4-3-5-12(2)18(11)10-14-8-15(16)7-6-13(14)9-17/h6-8,11-12H,3-5,9-10,17H2,1-2H3. The first kappa shape index (κ1) is 13.5. The van der Waals surface area contributed by atoms with Gasteiger partial charge in [0, 0.05) is 25.2 Å². The second-order valence-corrected chi connectivity index (χ2v) is 5.42. The molecular formula is C15H23FN2. The number of likely N-dealkylation sites (tertiary alicyclic amines) is 1. The average Bonchev–Trinajstić information content (AvgIpc) is 2.34. The summed E-state index contributed by atoms with van der Waals surface area (Å²) in [5.74, 6) is -0.167. The van der Waals surface area contributed by atoms with E-state index in [1.807, 2.05) is 6.07 Å². The van der Waals surface area contributed by atoms with Crippen LogP contribution in [0.4, 0.5) is 4.39 Å². The van der Waals surface area contributed by atoms with E-state index < -0.39 is 0 Å². The van der Waals surface area contributed by atoms with Crippen LogP contribution in [0.5, 0.6) is 0 Å². The Morgan fingerprint density at radius 1 is 1.22 bits per heavy atom. The summed E-state index contributed by atoms with van der Waals surface area (Å²) < 4.78 is 13.4. The minimum atomic E-state index is -0.167. The summed E-state index contributed by atoms with van der Waals surface area (Å²) in [6, 6.07) is 6.08. The molecule has 0 aromatic heterocycles. The first-order valence-electron chi connectivity index (χ1n) is 6.85. The molecule has 1 saturated heterocycles. The lowest BCUT2D eigenvalue weighted by atomic mass is 9.96. The number of halogens is 1. The molecule has 0 radical (unpaired) electrons. The molecule has 0 saturated carbocycles. The Hall–Kier alpha value is -0.930. The van der Waals surface area contributed by atoms with Crippen molar-refractivity contribution in [3.63, 3.8) is 0 Å². The molecule has 0 aliphatic carbocycles. The number of piperidine rings is 1. The van der Waals surface area contributed by atoms with Gasteiger partial charge in [-0.25, -0.2) is 4.39 Å². The van der Waals surface area contributed by atoms with E-state index in [2.05, 4.69) is 18.7 Å². The molecule has 18 heavy (non-hydrogen) atoms. The zero-order valence-electron chi connectivity index (χ0n) is 11.3. The Morgan fingerprint density at radius 3 is 2.50 bits per heavy atom. The van der Waals surface area contributed by atoms with Crippen molar-refractivity contribution in [2.24, 2.45) is 5.73 Å². The average molecular weight is 250 g/mol. The van der Waals surface area contributed by atoms with E-state index in [0.29, 0.717) is 18.6 Å². The Morgan fingerprint density at radius 2 is 1.89 bits per heavy atom. The summed E-state index contributed by atoms with van der Waals surface area (Å²) in [5, 5.41) is 0. The van der Waals surface area contributed by atoms with Gasteiger partial charge in [-0.15, -0.1) is 0 Å². The number of benzene rings is 1. The molecule has 1 aliphatic rings. The third-order valence-corrected chi connectivity index (χ3v) is 4.12. The van der Waals surface area contributed by atoms with Crippen LogP contribution in [0.2, 0.25) is 0 Å². The summed E-state index contributed by atoms with van der Waals surface area (Å²) in [6.45, 7) is 5.81. The topological polar surface area (TPSA) is 29.3 Å². The molecule has 2 nitrogen and oxygen atoms in total. The maximum Gasteiger partial charge on any atom is 0.123 e. The Labute approximate surface area is 109 Å². The van der Waals surface area contributed by atoms with Crippen molar-refractivity contribution in [3.05, 3.63) is 35.1 Å². The molecule has 0 spiro atoms. The first-order chi connectivity index (χ1) is 8.61. The zero-order valence-corrected chi connectivity index (χ0v) is 11.3. The molecule has 100 valence electrons. The predicted octanol–water partition coefficient (Wildman–Crippen LogP) is 3.05. The number of hydrogen-bond donors (Lipinski definition) is 1. The van der Waals surface area contributed by atoms with Crippen LogP contribution in [0.15, 0.2) is 18.2 Å². The van der Waals surface area contributed by atoms with Crippen molar-refractivity contribution in [2.45, 2.75) is 58.3 Å². The SMILES string of the molecule is CC1CCCC(C)N1Cc1cc(F)ccc1CN. The highest BCUT2D eigenvalue weighted by Crippen LogP contribution is 2.25. The molecule has 1 aromatic rings. The smallest absolute Gasteiger partial charge is 0.123 e. The summed E-state index contributed by atoms with van der Waals surface area (Å²) in [6.07, 6.45) is 3.76. The highest BCUT2D eigenvalue weighted by atomic mass is 19.1. The van der Waals surface area contributed by atoms with Gasteiger partial charge in [-0.1, -0.05) is 12.5 Å². The fraction of sp³-hybridized carbons (Fsp3) is 0.600. The molecule has 2 N–H and O–H groups in total. The maximum absolute atomic E-state index is 13.4. The van der Waals surface area contributed by atoms with E-state index in [1.165, 1.54) is 25.3 Å². The van der Waals surface area contributed by atoms with Gasteiger partial charge in [-0.05, 0) is 49.9 Å². The van der Waals surface area contributed by atoms with Gasteiger partial charge in [0.15, 0.2) is 0 Å². The molecular weight excluding hydrogens is 227 g/mol. The first-order valence-corrected chi connectivity index (χ1v) is 6.85. The van der Waals surface area contributed by atoms with Gasteiger partial charge in [0.1, 0.15) is 5.82 Å². The van der Waals surface area contributed by atoms with Crippen molar-refractivity contribution in [1.82, 2.24) is 4.90 Å². The van der Waals surface area contributed by atoms with Gasteiger partial charge in [-0.2, -0.15) is 0 Å². The van der Waals surface area contributed by atoms with Crippen LogP contribution in [0.1, 0.15) is 44.2 Å². The molecule has 1 aliphatic heterocycles. The number of rotatable bonds is 3. The van der Waals surface area contributed by atoms with Crippen molar-refractivity contribution < 1.29 is 4.39 Å². The number of hydrogen-bond acceptors (Lipinski definition) is 2. The van der Waals surface area contributed by atoms with Crippen LogP contribution >= 0.6 is 0 Å². The fourth-order valence-corrected chi connectivity index (χ4v) is 2.92. The van der Waals surface area contributed by atoms with E-state index in [9.17, 15) is 4.39 Å². The zero-order chi connectivity index (χ0) is 13.1. The van der Waals surface area contributed by atoms with E-state index in [1.54, 1.807) is 6.07 Å². The van der Waals surface area contributed by atoms with Gasteiger partial charge in [0.2, 0.25) is 0 Å². The van der Waals surface area contributed by atoms with E-state index in [0.717, 1.165) is 17.7 Å². The molecule has 2 unspecified atom stereocenters. The highest BCUT2D eigenvalue weighted by molar-refractivity contribution is 5.28. The van der Waals surface area contributed by atoms with Crippen LogP contribution in [0.25, 0.3) is 0 Å². The minimum absolute atomic E-state index is 0.167. The Kier molecular flexibility index (Phi) is 4.36. The molecule has 0 bridgehead atoms. The van der Waals surface area contributed by atoms with Gasteiger partial charge in [0.25, 0.3) is 0 Å². The Bertz CT molecular complexity index is 395. The lowest BCUT2D eigenvalue weighted by molar-refractivity contribution is 0.0949. The van der Waals surface area contributed by atoms with Crippen LogP contribution < -0.4 is 5.73 Å². The van der Waals surface area contributed by atoms with E-state index >= 15 is 0 Å². The lowest BCUT2D eigenvalue weighted by Crippen LogP contribution is -2.43. The van der Waals surface area contributed by atoms with Crippen LogP contribution in [0.3, 0.4) is 0 Å². The fourth-order valence-electron chi connectivity index (χ4n) is 2.92. The third-order valence-electron chi connectivity index (χ3n) is 4.12. The number of nitrogens with two attached hydrogens (primary N) is 1. The van der Waals surface area contributed by atoms with Gasteiger partial charge in [0.05, 0.1) is 0 Å². The lowest BCUT2D eigenvalue weighted by Gasteiger charge is -2.39. The predicted molar refractivity (Wildman–Crippen MR) is 72.6 cm³/mol. The maximum atomic E-state index is 13.4. The van der Waals surface area contributed by atoms with Crippen molar-refractivity contribution >= 4 is 0 Å². The van der Waals surface area contributed by atoms with Crippen molar-refractivity contribution in [1.29, 1.82) is 0 Å². The third kappa shape index (κ3) is 2.90. The van der Waals surface area contributed by atoms with Crippen LogP contribution in [-0.4, -0.2) is 17.0 Å². The van der Waals surface area contributed by atoms with Gasteiger partial charge >= 0.3 is 0 Å². The largest absolute Gasteiger partial charge is 0.326 e. The summed E-state index contributed by atoms with van der Waals surface area (Å²) in [4.78, 5) is 2.47. The second kappa shape index (κ2) is 5.81. The van der Waals surface area contributed by atoms with Crippen LogP contribution in [-0.2, 0) is 13.1 Å². The quantitative estimate of drug-likeness (QED) is 0.893. The minimum Gasteiger partial charge on any atom is -0.326 e. The second-order valence-electron chi connectivity index (χ2n) is 5.42. The molecule has 2 atom stereocenters. The molecule has 1 heterocycles. The molecule has 2 rings (SSSR count). The molecule has 1 aromatic carbocycles. The Balaban J connectivity index is 2.19. The van der Waals surface area contributed by atoms with Gasteiger partial charge < -0.3 is 5.73 Å². The van der Waals surface area contributed by atoms with Crippen LogP contribution in [0, 0.1) is 5.82 Å². The highest BCUT2D eigenvalue weighted by Gasteiger charge is 2.25. The van der Waals surface area contributed by atoms with Crippen molar-refractivity contribution in [2.75, 3.05) is 0 Å². The van der Waals surface area contributed by atoms with E-state index in [4.69, 9.17) is 5.73 Å². The number of nitrogens with zero attached hydrogens (tertiary/aromatic N) is 1. The van der Waals surface area contributed by atoms with Crippen molar-refractivity contribution in [3.8, 4) is 0 Å². The summed E-state index contributed by atoms with van der Waals surface area (Å²) in [7, 11) is 0. The van der Waals surface area contributed by atoms with E-state index in [-0.39, 0.29) is 5.82 Å². The van der Waals surface area contributed by atoms with Gasteiger partial charge in [-0.3, -0.25) is 4.90 Å². The summed E-state index contributed by atoms with van der Waals surface area (Å²) in [5.41, 5.74) is 7.83. The molecule has 1 fully saturated rings. The molecule has 0 amide bonds. The monoisotopic (exact) mass is 250 g/mol. The molecule has 3 heteroatoms.